The van der Waals surface area contributed by atoms with Crippen LogP contribution in [0.15, 0.2) is 4.99 Å². The van der Waals surface area contributed by atoms with Crippen LogP contribution in [0.2, 0.25) is 0 Å². The summed E-state index contributed by atoms with van der Waals surface area (Å²) in [6, 6.07) is 0. The molecule has 0 N–H and O–H groups in total. The van der Waals surface area contributed by atoms with E-state index in [0.717, 1.165) is 13.2 Å². The molecule has 0 radical (unpaired) electrons. The first-order valence-corrected chi connectivity index (χ1v) is 1.60. The second-order valence-electron chi connectivity index (χ2n) is 0.882. The van der Waals surface area contributed by atoms with Crippen LogP contribution in [0.4, 0.5) is 0 Å². The molecule has 2 nitrogen and oxygen atoms in total. The van der Waals surface area contributed by atoms with Gasteiger partial charge >= 0.3 is 26.6 Å². The van der Waals surface area contributed by atoms with Crippen molar-refractivity contribution in [2.24, 2.45) is 4.99 Å². The van der Waals surface area contributed by atoms with E-state index in [2.05, 4.69) is 9.73 Å². The average molecular weight is 282 g/mol. The Bertz CT molecular complexity index is 48.8. The third kappa shape index (κ3) is 1.72. The molecular weight excluding hydrogens is 275 g/mol. The Hall–Kier alpha value is 0.366. The van der Waals surface area contributed by atoms with E-state index >= 15 is 0 Å². The van der Waals surface area contributed by atoms with Crippen LogP contribution in [0, 0.1) is 0 Å². The van der Waals surface area contributed by atoms with Gasteiger partial charge < -0.3 is 4.74 Å². The molecule has 0 saturated heterocycles. The standard InChI is InChI=1S/C3H5NO.Po.2H/c1-2-5-3-4-1;;;/h3H,1-2H2;;;. The van der Waals surface area contributed by atoms with Gasteiger partial charge in [-0.1, -0.05) is 0 Å². The van der Waals surface area contributed by atoms with Gasteiger partial charge in [0.2, 0.25) is 0 Å². The van der Waals surface area contributed by atoms with Crippen molar-refractivity contribution in [3.05, 3.63) is 0 Å². The van der Waals surface area contributed by atoms with Crippen LogP contribution in [0.1, 0.15) is 0 Å². The Labute approximate surface area is 56.1 Å². The van der Waals surface area contributed by atoms with E-state index < -0.39 is 0 Å². The zero-order valence-electron chi connectivity index (χ0n) is 3.35. The first kappa shape index (κ1) is 6.37. The van der Waals surface area contributed by atoms with Crippen molar-refractivity contribution in [1.29, 1.82) is 0 Å². The topological polar surface area (TPSA) is 21.6 Å². The number of nitrogens with zero attached hydrogens (tertiary/aromatic N) is 1. The molecule has 0 unspecified atom stereocenters. The zero-order valence-corrected chi connectivity index (χ0v) is 7.23. The summed E-state index contributed by atoms with van der Waals surface area (Å²) in [6.45, 7) is 1.62. The number of hydrogen-bond donors (Lipinski definition) is 0. The van der Waals surface area contributed by atoms with E-state index in [4.69, 9.17) is 0 Å². The summed E-state index contributed by atoms with van der Waals surface area (Å²) in [6.07, 6.45) is 1.49. The first-order valence-electron chi connectivity index (χ1n) is 1.60. The van der Waals surface area contributed by atoms with Crippen LogP contribution < -0.4 is 0 Å². The zero-order chi connectivity index (χ0) is 3.54. The molecule has 36 valence electrons. The molecule has 3 heteroatoms. The van der Waals surface area contributed by atoms with Gasteiger partial charge in [0.25, 0.3) is 0 Å². The van der Waals surface area contributed by atoms with Gasteiger partial charge in [0.15, 0.2) is 6.40 Å². The molecule has 0 spiro atoms. The summed E-state index contributed by atoms with van der Waals surface area (Å²) in [5, 5.41) is 0. The van der Waals surface area contributed by atoms with Crippen molar-refractivity contribution in [2.45, 2.75) is 0 Å². The van der Waals surface area contributed by atoms with E-state index in [-0.39, 0.29) is 26.6 Å². The predicted molar refractivity (Wildman–Crippen MR) is 27.9 cm³/mol. The number of ether oxygens (including phenoxy) is 1. The van der Waals surface area contributed by atoms with Gasteiger partial charge in [-0.2, -0.15) is 0 Å². The van der Waals surface area contributed by atoms with E-state index in [1.54, 1.807) is 0 Å². The predicted octanol–water partition coefficient (Wildman–Crippen LogP) is -0.871. The first-order chi connectivity index (χ1) is 2.50. The summed E-state index contributed by atoms with van der Waals surface area (Å²) >= 11 is 0. The van der Waals surface area contributed by atoms with Crippen molar-refractivity contribution in [2.75, 3.05) is 13.2 Å². The minimum atomic E-state index is 0. The minimum absolute atomic E-state index is 0. The van der Waals surface area contributed by atoms with Crippen molar-refractivity contribution >= 4 is 33.0 Å². The fraction of sp³-hybridized carbons (Fsp3) is 0.667. The van der Waals surface area contributed by atoms with E-state index in [1.165, 1.54) is 6.40 Å². The molecular formula is C3H7NOPo. The molecule has 0 atom stereocenters. The van der Waals surface area contributed by atoms with Gasteiger partial charge in [0.05, 0.1) is 6.54 Å². The summed E-state index contributed by atoms with van der Waals surface area (Å²) < 4.78 is 4.65. The Morgan fingerprint density at radius 2 is 2.50 bits per heavy atom. The number of hydrogen-bond acceptors (Lipinski definition) is 2. The van der Waals surface area contributed by atoms with Crippen molar-refractivity contribution in [1.82, 2.24) is 0 Å². The monoisotopic (exact) mass is 282 g/mol. The Morgan fingerprint density at radius 3 is 2.67 bits per heavy atom. The third-order valence-corrected chi connectivity index (χ3v) is 0.487. The molecule has 0 bridgehead atoms. The van der Waals surface area contributed by atoms with Crippen LogP contribution in [0.3, 0.4) is 0 Å². The van der Waals surface area contributed by atoms with Crippen LogP contribution in [-0.4, -0.2) is 46.1 Å². The molecule has 1 heterocycles. The van der Waals surface area contributed by atoms with E-state index in [9.17, 15) is 0 Å². The Balaban J connectivity index is 0.000000250. The molecule has 1 aliphatic heterocycles. The molecule has 0 aromatic rings. The molecule has 0 aliphatic carbocycles. The second-order valence-corrected chi connectivity index (χ2v) is 0.882. The SMILES string of the molecule is C1=NCCO1.[PoH2]. The molecule has 0 fully saturated rings. The fourth-order valence-electron chi connectivity index (χ4n) is 0.264. The number of rotatable bonds is 0. The normalized spacial score (nSPS) is 16.0. The summed E-state index contributed by atoms with van der Waals surface area (Å²) in [5.41, 5.74) is 0. The average Bonchev–Trinajstić information content (AvgIpc) is 1.76. The Morgan fingerprint density at radius 1 is 1.67 bits per heavy atom. The molecule has 0 aromatic carbocycles. The Kier molecular flexibility index (Phi) is 3.77. The van der Waals surface area contributed by atoms with Crippen molar-refractivity contribution in [3.8, 4) is 0 Å². The van der Waals surface area contributed by atoms with Crippen LogP contribution in [0.25, 0.3) is 0 Å². The maximum atomic E-state index is 4.65. The molecule has 1 rings (SSSR count). The van der Waals surface area contributed by atoms with Crippen LogP contribution >= 0.6 is 0 Å². The van der Waals surface area contributed by atoms with Crippen molar-refractivity contribution in [3.63, 3.8) is 0 Å². The quantitative estimate of drug-likeness (QED) is 0.566. The van der Waals surface area contributed by atoms with Gasteiger partial charge in [0.1, 0.15) is 6.61 Å². The molecule has 0 amide bonds. The fourth-order valence-corrected chi connectivity index (χ4v) is 0.264. The van der Waals surface area contributed by atoms with Gasteiger partial charge in [-0.25, -0.2) is 0 Å². The van der Waals surface area contributed by atoms with E-state index in [0.29, 0.717) is 0 Å². The van der Waals surface area contributed by atoms with Crippen molar-refractivity contribution < 1.29 is 4.74 Å². The molecule has 1 aliphatic rings. The summed E-state index contributed by atoms with van der Waals surface area (Å²) in [5.74, 6) is 0. The van der Waals surface area contributed by atoms with Crippen LogP contribution in [-0.2, 0) is 4.74 Å². The van der Waals surface area contributed by atoms with Gasteiger partial charge in [-0.15, -0.1) is 0 Å². The molecule has 6 heavy (non-hydrogen) atoms. The summed E-state index contributed by atoms with van der Waals surface area (Å²) in [4.78, 5) is 3.74. The van der Waals surface area contributed by atoms with E-state index in [1.807, 2.05) is 0 Å². The third-order valence-electron chi connectivity index (χ3n) is 0.487. The van der Waals surface area contributed by atoms with Gasteiger partial charge in [-0.3, -0.25) is 4.99 Å². The maximum absolute atomic E-state index is 4.65. The van der Waals surface area contributed by atoms with Gasteiger partial charge in [-0.05, 0) is 0 Å². The number of aliphatic imine (C=N–C) groups is 1. The van der Waals surface area contributed by atoms with Crippen LogP contribution in [0.5, 0.6) is 0 Å². The second kappa shape index (κ2) is 3.55. The molecule has 0 aromatic heterocycles. The summed E-state index contributed by atoms with van der Waals surface area (Å²) in [7, 11) is 0. The van der Waals surface area contributed by atoms with Gasteiger partial charge in [0, 0.05) is 0 Å². The molecule has 0 saturated carbocycles.